The fourth-order valence-electron chi connectivity index (χ4n) is 2.00. The Morgan fingerprint density at radius 3 is 3.00 bits per heavy atom. The van der Waals surface area contributed by atoms with Gasteiger partial charge in [0.15, 0.2) is 0 Å². The molecular formula is C12H15NO2. The van der Waals surface area contributed by atoms with E-state index in [0.29, 0.717) is 0 Å². The zero-order chi connectivity index (χ0) is 10.1. The van der Waals surface area contributed by atoms with Gasteiger partial charge in [-0.05, 0) is 36.2 Å². The van der Waals surface area contributed by atoms with Gasteiger partial charge in [0.1, 0.15) is 11.9 Å². The summed E-state index contributed by atoms with van der Waals surface area (Å²) in [6.45, 7) is 3.52. The van der Waals surface area contributed by atoms with Gasteiger partial charge in [0.25, 0.3) is 0 Å². The Kier molecular flexibility index (Phi) is 2.35. The Labute approximate surface area is 89.4 Å². The maximum absolute atomic E-state index is 5.76. The second-order valence-corrected chi connectivity index (χ2v) is 4.13. The first kappa shape index (κ1) is 9.19. The molecule has 2 aliphatic heterocycles. The van der Waals surface area contributed by atoms with Crippen molar-refractivity contribution in [2.45, 2.75) is 19.1 Å². The Balaban J connectivity index is 1.77. The summed E-state index contributed by atoms with van der Waals surface area (Å²) >= 11 is 0. The lowest BCUT2D eigenvalue weighted by Crippen LogP contribution is -2.38. The molecule has 1 aromatic carbocycles. The van der Waals surface area contributed by atoms with Crippen molar-refractivity contribution in [1.29, 1.82) is 0 Å². The molecule has 0 unspecified atom stereocenters. The third-order valence-electron chi connectivity index (χ3n) is 2.97. The van der Waals surface area contributed by atoms with E-state index < -0.39 is 0 Å². The van der Waals surface area contributed by atoms with E-state index in [0.717, 1.165) is 38.5 Å². The molecule has 1 fully saturated rings. The molecule has 0 aromatic heterocycles. The Hall–Kier alpha value is -1.06. The molecule has 0 radical (unpaired) electrons. The molecule has 0 amide bonds. The predicted molar refractivity (Wildman–Crippen MR) is 57.1 cm³/mol. The minimum Gasteiger partial charge on any atom is -0.486 e. The van der Waals surface area contributed by atoms with E-state index in [1.165, 1.54) is 11.1 Å². The van der Waals surface area contributed by atoms with Gasteiger partial charge in [-0.1, -0.05) is 6.07 Å². The van der Waals surface area contributed by atoms with Crippen LogP contribution in [-0.4, -0.2) is 25.9 Å². The second kappa shape index (κ2) is 3.83. The van der Waals surface area contributed by atoms with E-state index >= 15 is 0 Å². The number of hydrogen-bond donors (Lipinski definition) is 1. The lowest BCUT2D eigenvalue weighted by atomic mass is 10.0. The number of rotatable bonds is 2. The fraction of sp³-hybridized carbons (Fsp3) is 0.500. The van der Waals surface area contributed by atoms with Crippen LogP contribution in [0.4, 0.5) is 0 Å². The molecule has 1 N–H and O–H groups in total. The van der Waals surface area contributed by atoms with Crippen LogP contribution in [0.15, 0.2) is 18.2 Å². The minimum atomic E-state index is 0.264. The fourth-order valence-corrected chi connectivity index (χ4v) is 2.00. The molecule has 0 saturated carbocycles. The summed E-state index contributed by atoms with van der Waals surface area (Å²) in [4.78, 5) is 0. The van der Waals surface area contributed by atoms with Crippen LogP contribution in [0.3, 0.4) is 0 Å². The van der Waals surface area contributed by atoms with Gasteiger partial charge in [-0.3, -0.25) is 0 Å². The molecule has 2 aliphatic rings. The van der Waals surface area contributed by atoms with Crippen molar-refractivity contribution in [1.82, 2.24) is 5.32 Å². The Bertz CT molecular complexity index is 361. The minimum absolute atomic E-state index is 0.264. The van der Waals surface area contributed by atoms with E-state index in [-0.39, 0.29) is 6.10 Å². The normalized spacial score (nSPS) is 20.5. The highest BCUT2D eigenvalue weighted by Gasteiger charge is 2.20. The molecule has 0 bridgehead atoms. The van der Waals surface area contributed by atoms with Gasteiger partial charge < -0.3 is 14.8 Å². The highest BCUT2D eigenvalue weighted by atomic mass is 16.6. The highest BCUT2D eigenvalue weighted by molar-refractivity contribution is 5.37. The van der Waals surface area contributed by atoms with Gasteiger partial charge in [0, 0.05) is 6.54 Å². The van der Waals surface area contributed by atoms with Gasteiger partial charge in [-0.15, -0.1) is 0 Å². The third-order valence-corrected chi connectivity index (χ3v) is 2.97. The van der Waals surface area contributed by atoms with Crippen molar-refractivity contribution in [3.05, 3.63) is 29.3 Å². The lowest BCUT2D eigenvalue weighted by Gasteiger charge is -2.27. The highest BCUT2D eigenvalue weighted by Crippen LogP contribution is 2.22. The molecule has 3 heteroatoms. The quantitative estimate of drug-likeness (QED) is 0.784. The molecule has 3 nitrogen and oxygen atoms in total. The van der Waals surface area contributed by atoms with Crippen molar-refractivity contribution in [3.63, 3.8) is 0 Å². The van der Waals surface area contributed by atoms with Crippen LogP contribution in [-0.2, 0) is 17.7 Å². The van der Waals surface area contributed by atoms with Crippen LogP contribution in [0.2, 0.25) is 0 Å². The van der Waals surface area contributed by atoms with E-state index in [9.17, 15) is 0 Å². The Morgan fingerprint density at radius 2 is 2.20 bits per heavy atom. The Morgan fingerprint density at radius 1 is 1.27 bits per heavy atom. The number of nitrogens with one attached hydrogen (secondary N) is 1. The molecule has 1 saturated heterocycles. The summed E-state index contributed by atoms with van der Waals surface area (Å²) in [5.74, 6) is 0.978. The van der Waals surface area contributed by atoms with Crippen molar-refractivity contribution in [2.24, 2.45) is 0 Å². The summed E-state index contributed by atoms with van der Waals surface area (Å²) < 4.78 is 10.8. The molecule has 1 aromatic rings. The zero-order valence-corrected chi connectivity index (χ0v) is 8.66. The number of hydrogen-bond acceptors (Lipinski definition) is 3. The van der Waals surface area contributed by atoms with Gasteiger partial charge in [0.05, 0.1) is 13.2 Å². The van der Waals surface area contributed by atoms with Crippen molar-refractivity contribution >= 4 is 0 Å². The van der Waals surface area contributed by atoms with Crippen molar-refractivity contribution in [3.8, 4) is 5.75 Å². The average Bonchev–Trinajstić information content (AvgIpc) is 2.23. The van der Waals surface area contributed by atoms with Gasteiger partial charge in [-0.25, -0.2) is 0 Å². The lowest BCUT2D eigenvalue weighted by molar-refractivity contribution is -0.0797. The second-order valence-electron chi connectivity index (χ2n) is 4.13. The summed E-state index contributed by atoms with van der Waals surface area (Å²) in [6, 6.07) is 6.41. The summed E-state index contributed by atoms with van der Waals surface area (Å²) in [7, 11) is 0. The van der Waals surface area contributed by atoms with Gasteiger partial charge in [-0.2, -0.15) is 0 Å². The predicted octanol–water partition coefficient (Wildman–Crippen LogP) is 1.11. The van der Waals surface area contributed by atoms with Crippen LogP contribution in [0, 0.1) is 0 Å². The van der Waals surface area contributed by atoms with E-state index in [1.807, 2.05) is 0 Å². The molecule has 15 heavy (non-hydrogen) atoms. The molecule has 0 spiro atoms. The smallest absolute Gasteiger partial charge is 0.145 e. The number of benzene rings is 1. The average molecular weight is 205 g/mol. The zero-order valence-electron chi connectivity index (χ0n) is 8.66. The number of ether oxygens (including phenoxy) is 2. The van der Waals surface area contributed by atoms with Gasteiger partial charge >= 0.3 is 0 Å². The first-order valence-corrected chi connectivity index (χ1v) is 5.49. The SMILES string of the molecule is c1cc2c(cc1OC1COC1)CNCC2. The van der Waals surface area contributed by atoms with Crippen molar-refractivity contribution < 1.29 is 9.47 Å². The van der Waals surface area contributed by atoms with Crippen LogP contribution >= 0.6 is 0 Å². The molecule has 0 atom stereocenters. The monoisotopic (exact) mass is 205 g/mol. The standard InChI is InChI=1S/C12H15NO2/c1-2-11(15-12-7-14-8-12)5-10-6-13-4-3-9(1)10/h1-2,5,12-13H,3-4,6-8H2. The van der Waals surface area contributed by atoms with Gasteiger partial charge in [0.2, 0.25) is 0 Å². The molecule has 0 aliphatic carbocycles. The molecular weight excluding hydrogens is 190 g/mol. The van der Waals surface area contributed by atoms with E-state index in [4.69, 9.17) is 9.47 Å². The molecule has 3 rings (SSSR count). The van der Waals surface area contributed by atoms with Crippen LogP contribution in [0.1, 0.15) is 11.1 Å². The first-order valence-electron chi connectivity index (χ1n) is 5.49. The summed E-state index contributed by atoms with van der Waals surface area (Å²) in [6.07, 6.45) is 1.39. The maximum atomic E-state index is 5.76. The summed E-state index contributed by atoms with van der Waals surface area (Å²) in [5.41, 5.74) is 2.82. The van der Waals surface area contributed by atoms with E-state index in [2.05, 4.69) is 23.5 Å². The van der Waals surface area contributed by atoms with Crippen LogP contribution in [0.25, 0.3) is 0 Å². The third kappa shape index (κ3) is 1.85. The first-order chi connectivity index (χ1) is 7.42. The topological polar surface area (TPSA) is 30.5 Å². The number of fused-ring (bicyclic) bond motifs is 1. The van der Waals surface area contributed by atoms with Crippen LogP contribution in [0.5, 0.6) is 5.75 Å². The molecule has 2 heterocycles. The van der Waals surface area contributed by atoms with E-state index in [1.54, 1.807) is 0 Å². The summed E-state index contributed by atoms with van der Waals surface area (Å²) in [5, 5.41) is 3.37. The largest absolute Gasteiger partial charge is 0.486 e. The van der Waals surface area contributed by atoms with Crippen molar-refractivity contribution in [2.75, 3.05) is 19.8 Å². The maximum Gasteiger partial charge on any atom is 0.145 e. The molecule has 80 valence electrons. The van der Waals surface area contributed by atoms with Crippen LogP contribution < -0.4 is 10.1 Å².